The Labute approximate surface area is 116 Å². The Bertz CT molecular complexity index is 626. The summed E-state index contributed by atoms with van der Waals surface area (Å²) in [4.78, 5) is 25.6. The maximum absolute atomic E-state index is 11.6. The highest BCUT2D eigenvalue weighted by Crippen LogP contribution is 2.12. The first-order chi connectivity index (χ1) is 9.56. The van der Waals surface area contributed by atoms with Crippen molar-refractivity contribution in [3.05, 3.63) is 47.1 Å². The second-order valence-corrected chi connectivity index (χ2v) is 4.62. The fourth-order valence-electron chi connectivity index (χ4n) is 1.79. The van der Waals surface area contributed by atoms with E-state index in [9.17, 15) is 9.59 Å². The second-order valence-electron chi connectivity index (χ2n) is 4.62. The van der Waals surface area contributed by atoms with E-state index in [-0.39, 0.29) is 18.0 Å². The Morgan fingerprint density at radius 2 is 2.10 bits per heavy atom. The number of aliphatic hydroxyl groups is 1. The summed E-state index contributed by atoms with van der Waals surface area (Å²) in [6, 6.07) is 6.96. The standard InChI is InChI=1S/C14H17N3O3/c1-10(18)2-7-13(19)16-11-3-5-12(6-4-11)17-9-8-15-14(17)20/h3-6,8-10,18H,2,7H2,1H3,(H,15,20)(H,16,19). The molecule has 0 saturated carbocycles. The molecule has 0 saturated heterocycles. The fourth-order valence-corrected chi connectivity index (χ4v) is 1.79. The van der Waals surface area contributed by atoms with Gasteiger partial charge in [0.2, 0.25) is 5.91 Å². The van der Waals surface area contributed by atoms with Crippen molar-refractivity contribution >= 4 is 11.6 Å². The van der Waals surface area contributed by atoms with E-state index in [1.807, 2.05) is 0 Å². The van der Waals surface area contributed by atoms with Crippen LogP contribution in [0.2, 0.25) is 0 Å². The van der Waals surface area contributed by atoms with Gasteiger partial charge in [0.25, 0.3) is 0 Å². The normalized spacial score (nSPS) is 12.1. The van der Waals surface area contributed by atoms with Crippen LogP contribution in [-0.2, 0) is 4.79 Å². The number of aliphatic hydroxyl groups excluding tert-OH is 1. The van der Waals surface area contributed by atoms with E-state index >= 15 is 0 Å². The van der Waals surface area contributed by atoms with Gasteiger partial charge in [-0.25, -0.2) is 4.79 Å². The van der Waals surface area contributed by atoms with Crippen molar-refractivity contribution in [2.24, 2.45) is 0 Å². The van der Waals surface area contributed by atoms with Gasteiger partial charge in [-0.1, -0.05) is 0 Å². The summed E-state index contributed by atoms with van der Waals surface area (Å²) in [6.45, 7) is 1.65. The Hall–Kier alpha value is -2.34. The van der Waals surface area contributed by atoms with Gasteiger partial charge in [-0.3, -0.25) is 9.36 Å². The van der Waals surface area contributed by atoms with Crippen LogP contribution in [0.5, 0.6) is 0 Å². The lowest BCUT2D eigenvalue weighted by molar-refractivity contribution is -0.116. The van der Waals surface area contributed by atoms with E-state index in [2.05, 4.69) is 10.3 Å². The van der Waals surface area contributed by atoms with Crippen LogP contribution < -0.4 is 11.0 Å². The number of amides is 1. The molecule has 1 aromatic heterocycles. The average Bonchev–Trinajstić information content (AvgIpc) is 2.84. The van der Waals surface area contributed by atoms with Crippen molar-refractivity contribution < 1.29 is 9.90 Å². The molecule has 0 radical (unpaired) electrons. The number of imidazole rings is 1. The van der Waals surface area contributed by atoms with Gasteiger partial charge in [-0.15, -0.1) is 0 Å². The first-order valence-electron chi connectivity index (χ1n) is 6.40. The second kappa shape index (κ2) is 6.21. The fraction of sp³-hybridized carbons (Fsp3) is 0.286. The van der Waals surface area contributed by atoms with Crippen LogP contribution in [0.15, 0.2) is 41.5 Å². The summed E-state index contributed by atoms with van der Waals surface area (Å²) in [6.07, 6.45) is 3.43. The number of nitrogens with one attached hydrogen (secondary N) is 2. The zero-order valence-electron chi connectivity index (χ0n) is 11.2. The number of benzene rings is 1. The number of rotatable bonds is 5. The van der Waals surface area contributed by atoms with Crippen molar-refractivity contribution in [2.45, 2.75) is 25.9 Å². The quantitative estimate of drug-likeness (QED) is 0.767. The molecule has 0 aliphatic rings. The molecule has 6 nitrogen and oxygen atoms in total. The number of nitrogens with zero attached hydrogens (tertiary/aromatic N) is 1. The molecule has 1 amide bonds. The Kier molecular flexibility index (Phi) is 4.37. The number of carbonyl (C=O) groups is 1. The number of aromatic amines is 1. The first kappa shape index (κ1) is 14.1. The van der Waals surface area contributed by atoms with Gasteiger partial charge < -0.3 is 15.4 Å². The van der Waals surface area contributed by atoms with Gasteiger partial charge >= 0.3 is 5.69 Å². The van der Waals surface area contributed by atoms with Gasteiger partial charge in [-0.2, -0.15) is 0 Å². The number of H-pyrrole nitrogens is 1. The third-order valence-corrected chi connectivity index (χ3v) is 2.87. The van der Waals surface area contributed by atoms with Gasteiger partial charge in [-0.05, 0) is 37.6 Å². The highest BCUT2D eigenvalue weighted by molar-refractivity contribution is 5.90. The molecule has 0 bridgehead atoms. The molecule has 20 heavy (non-hydrogen) atoms. The lowest BCUT2D eigenvalue weighted by Gasteiger charge is -2.07. The largest absolute Gasteiger partial charge is 0.393 e. The lowest BCUT2D eigenvalue weighted by Crippen LogP contribution is -2.15. The van der Waals surface area contributed by atoms with Crippen molar-refractivity contribution in [3.63, 3.8) is 0 Å². The molecule has 106 valence electrons. The van der Waals surface area contributed by atoms with Gasteiger partial charge in [0.15, 0.2) is 0 Å². The van der Waals surface area contributed by atoms with E-state index in [1.54, 1.807) is 43.6 Å². The van der Waals surface area contributed by atoms with Gasteiger partial charge in [0.1, 0.15) is 0 Å². The number of carbonyl (C=O) groups excluding carboxylic acids is 1. The maximum atomic E-state index is 11.6. The summed E-state index contributed by atoms with van der Waals surface area (Å²) in [5, 5.41) is 11.9. The molecule has 0 aliphatic heterocycles. The molecule has 2 rings (SSSR count). The maximum Gasteiger partial charge on any atom is 0.330 e. The number of anilines is 1. The molecule has 2 aromatic rings. The minimum atomic E-state index is -0.483. The Morgan fingerprint density at radius 1 is 1.40 bits per heavy atom. The van der Waals surface area contributed by atoms with Crippen molar-refractivity contribution in [2.75, 3.05) is 5.32 Å². The lowest BCUT2D eigenvalue weighted by atomic mass is 10.2. The minimum Gasteiger partial charge on any atom is -0.393 e. The molecule has 1 heterocycles. The van der Waals surface area contributed by atoms with Crippen molar-refractivity contribution in [3.8, 4) is 5.69 Å². The number of hydrogen-bond donors (Lipinski definition) is 3. The van der Waals surface area contributed by atoms with Crippen LogP contribution in [0, 0.1) is 0 Å². The molecule has 3 N–H and O–H groups in total. The number of hydrogen-bond acceptors (Lipinski definition) is 3. The van der Waals surface area contributed by atoms with E-state index in [0.29, 0.717) is 12.1 Å². The first-order valence-corrected chi connectivity index (χ1v) is 6.40. The highest BCUT2D eigenvalue weighted by Gasteiger charge is 2.05. The van der Waals surface area contributed by atoms with Crippen LogP contribution in [0.1, 0.15) is 19.8 Å². The van der Waals surface area contributed by atoms with E-state index in [0.717, 1.165) is 5.69 Å². The highest BCUT2D eigenvalue weighted by atomic mass is 16.3. The summed E-state index contributed by atoms with van der Waals surface area (Å²) in [5.41, 5.74) is 1.17. The molecule has 1 unspecified atom stereocenters. The summed E-state index contributed by atoms with van der Waals surface area (Å²) >= 11 is 0. The summed E-state index contributed by atoms with van der Waals surface area (Å²) in [7, 11) is 0. The molecule has 0 spiro atoms. The van der Waals surface area contributed by atoms with Crippen LogP contribution >= 0.6 is 0 Å². The molecule has 0 aliphatic carbocycles. The van der Waals surface area contributed by atoms with Crippen LogP contribution in [0.3, 0.4) is 0 Å². The molecular weight excluding hydrogens is 258 g/mol. The third kappa shape index (κ3) is 3.58. The summed E-state index contributed by atoms with van der Waals surface area (Å²) < 4.78 is 1.47. The van der Waals surface area contributed by atoms with E-state index < -0.39 is 6.10 Å². The van der Waals surface area contributed by atoms with Crippen LogP contribution in [0.25, 0.3) is 5.69 Å². The molecule has 1 aromatic carbocycles. The SMILES string of the molecule is CC(O)CCC(=O)Nc1ccc(-n2cc[nH]c2=O)cc1. The Balaban J connectivity index is 2.00. The molecular formula is C14H17N3O3. The van der Waals surface area contributed by atoms with E-state index in [4.69, 9.17) is 5.11 Å². The zero-order valence-corrected chi connectivity index (χ0v) is 11.2. The molecule has 0 fully saturated rings. The predicted molar refractivity (Wildman–Crippen MR) is 75.9 cm³/mol. The zero-order chi connectivity index (χ0) is 14.5. The smallest absolute Gasteiger partial charge is 0.330 e. The van der Waals surface area contributed by atoms with Crippen molar-refractivity contribution in [1.82, 2.24) is 9.55 Å². The third-order valence-electron chi connectivity index (χ3n) is 2.87. The summed E-state index contributed by atoms with van der Waals surface area (Å²) in [5.74, 6) is -0.141. The average molecular weight is 275 g/mol. The Morgan fingerprint density at radius 3 is 2.65 bits per heavy atom. The van der Waals surface area contributed by atoms with Crippen LogP contribution in [-0.4, -0.2) is 26.7 Å². The predicted octanol–water partition coefficient (Wildman–Crippen LogP) is 1.27. The minimum absolute atomic E-state index is 0.141. The monoisotopic (exact) mass is 275 g/mol. The van der Waals surface area contributed by atoms with Gasteiger partial charge in [0, 0.05) is 24.5 Å². The number of aromatic nitrogens is 2. The molecule has 6 heteroatoms. The van der Waals surface area contributed by atoms with Crippen LogP contribution in [0.4, 0.5) is 5.69 Å². The molecule has 1 atom stereocenters. The van der Waals surface area contributed by atoms with Crippen molar-refractivity contribution in [1.29, 1.82) is 0 Å². The van der Waals surface area contributed by atoms with E-state index in [1.165, 1.54) is 4.57 Å². The van der Waals surface area contributed by atoms with Gasteiger partial charge in [0.05, 0.1) is 11.8 Å². The topological polar surface area (TPSA) is 87.1 Å².